The lowest BCUT2D eigenvalue weighted by Crippen LogP contribution is -2.42. The molecule has 0 aliphatic carbocycles. The summed E-state index contributed by atoms with van der Waals surface area (Å²) in [7, 11) is 0. The summed E-state index contributed by atoms with van der Waals surface area (Å²) in [4.78, 5) is 24.8. The van der Waals surface area contributed by atoms with Gasteiger partial charge in [-0.05, 0) is 25.1 Å². The number of hydrogen-bond acceptors (Lipinski definition) is 3. The maximum atomic E-state index is 12.9. The van der Waals surface area contributed by atoms with Crippen LogP contribution in [0.3, 0.4) is 0 Å². The number of rotatable bonds is 4. The molecule has 0 bridgehead atoms. The van der Waals surface area contributed by atoms with Gasteiger partial charge in [-0.15, -0.1) is 6.42 Å². The van der Waals surface area contributed by atoms with Crippen LogP contribution in [0.2, 0.25) is 0 Å². The number of carbonyl (C=O) groups excluding carboxylic acids is 1. The van der Waals surface area contributed by atoms with E-state index in [0.717, 1.165) is 28.9 Å². The number of halogens is 6. The molecule has 5 nitrogen and oxygen atoms in total. The maximum Gasteiger partial charge on any atom is 0.416 e. The fourth-order valence-electron chi connectivity index (χ4n) is 2.45. The summed E-state index contributed by atoms with van der Waals surface area (Å²) in [6, 6.07) is 4.76. The summed E-state index contributed by atoms with van der Waals surface area (Å²) < 4.78 is 77.8. The van der Waals surface area contributed by atoms with E-state index in [4.69, 9.17) is 6.42 Å². The van der Waals surface area contributed by atoms with E-state index < -0.39 is 48.0 Å². The summed E-state index contributed by atoms with van der Waals surface area (Å²) in [6.45, 7) is -1.11. The first-order chi connectivity index (χ1) is 13.3. The zero-order valence-corrected chi connectivity index (χ0v) is 14.8. The summed E-state index contributed by atoms with van der Waals surface area (Å²) in [6.07, 6.45) is -4.45. The number of benzene rings is 1. The standard InChI is InChI=1S/C18H13F6N3O2/c1-3-7-26(10-17(19,20)21)16(29)15-14(28)8-11(2)27(25-15)13-6-4-5-12(9-13)18(22,23)24/h1,4-6,8-9H,7,10H2,2H3. The molecule has 11 heteroatoms. The number of aryl methyl sites for hydroxylation is 1. The van der Waals surface area contributed by atoms with Gasteiger partial charge in [0.1, 0.15) is 6.54 Å². The van der Waals surface area contributed by atoms with E-state index in [1.807, 2.05) is 5.92 Å². The van der Waals surface area contributed by atoms with E-state index in [0.29, 0.717) is 0 Å². The van der Waals surface area contributed by atoms with Gasteiger partial charge in [-0.1, -0.05) is 12.0 Å². The Morgan fingerprint density at radius 3 is 2.41 bits per heavy atom. The minimum absolute atomic E-state index is 0.0743. The van der Waals surface area contributed by atoms with Crippen molar-refractivity contribution in [1.29, 1.82) is 0 Å². The molecule has 0 N–H and O–H groups in total. The van der Waals surface area contributed by atoms with Crippen molar-refractivity contribution in [3.63, 3.8) is 0 Å². The van der Waals surface area contributed by atoms with Gasteiger partial charge in [-0.3, -0.25) is 9.59 Å². The Morgan fingerprint density at radius 1 is 1.21 bits per heavy atom. The van der Waals surface area contributed by atoms with Gasteiger partial charge in [-0.25, -0.2) is 4.68 Å². The zero-order valence-electron chi connectivity index (χ0n) is 14.8. The summed E-state index contributed by atoms with van der Waals surface area (Å²) >= 11 is 0. The lowest BCUT2D eigenvalue weighted by molar-refractivity contribution is -0.139. The van der Waals surface area contributed by atoms with Crippen LogP contribution in [0.5, 0.6) is 0 Å². The van der Waals surface area contributed by atoms with Gasteiger partial charge >= 0.3 is 12.4 Å². The van der Waals surface area contributed by atoms with Crippen LogP contribution in [0.1, 0.15) is 21.7 Å². The van der Waals surface area contributed by atoms with Crippen molar-refractivity contribution in [3.05, 3.63) is 57.5 Å². The number of terminal acetylenes is 1. The van der Waals surface area contributed by atoms with Gasteiger partial charge in [-0.2, -0.15) is 31.4 Å². The smallest absolute Gasteiger partial charge is 0.317 e. The summed E-state index contributed by atoms with van der Waals surface area (Å²) in [5.74, 6) is 0.502. The predicted octanol–water partition coefficient (Wildman–Crippen LogP) is 3.20. The molecular formula is C18H13F6N3O2. The Labute approximate surface area is 160 Å². The van der Waals surface area contributed by atoms with Crippen LogP contribution in [-0.2, 0) is 6.18 Å². The third-order valence-corrected chi connectivity index (χ3v) is 3.67. The first-order valence-corrected chi connectivity index (χ1v) is 7.91. The molecule has 1 amide bonds. The lowest BCUT2D eigenvalue weighted by Gasteiger charge is -2.21. The number of alkyl halides is 6. The van der Waals surface area contributed by atoms with Gasteiger partial charge in [0.25, 0.3) is 5.91 Å². The maximum absolute atomic E-state index is 12.9. The summed E-state index contributed by atoms with van der Waals surface area (Å²) in [5.41, 5.74) is -2.95. The average Bonchev–Trinajstić information content (AvgIpc) is 2.59. The molecule has 0 atom stereocenters. The van der Waals surface area contributed by atoms with Crippen molar-refractivity contribution in [3.8, 4) is 18.0 Å². The number of hydrogen-bond donors (Lipinski definition) is 0. The van der Waals surface area contributed by atoms with Crippen LogP contribution in [0.4, 0.5) is 26.3 Å². The Hall–Kier alpha value is -3.29. The SMILES string of the molecule is C#CCN(CC(F)(F)F)C(=O)c1nn(-c2cccc(C(F)(F)F)c2)c(C)cc1=O. The Kier molecular flexibility index (Phi) is 6.06. The topological polar surface area (TPSA) is 55.2 Å². The lowest BCUT2D eigenvalue weighted by atomic mass is 10.2. The van der Waals surface area contributed by atoms with Crippen molar-refractivity contribution in [1.82, 2.24) is 14.7 Å². The molecule has 0 fully saturated rings. The van der Waals surface area contributed by atoms with Gasteiger partial charge in [0, 0.05) is 11.8 Å². The molecule has 2 aromatic rings. The van der Waals surface area contributed by atoms with Crippen molar-refractivity contribution >= 4 is 5.91 Å². The molecule has 0 radical (unpaired) electrons. The van der Waals surface area contributed by atoms with E-state index in [1.165, 1.54) is 13.0 Å². The van der Waals surface area contributed by atoms with Crippen molar-refractivity contribution in [2.24, 2.45) is 0 Å². The molecule has 1 heterocycles. The molecule has 0 aliphatic rings. The minimum Gasteiger partial charge on any atom is -0.317 e. The molecular weight excluding hydrogens is 404 g/mol. The van der Waals surface area contributed by atoms with E-state index in [9.17, 15) is 35.9 Å². The molecule has 0 aliphatic heterocycles. The second-order valence-electron chi connectivity index (χ2n) is 5.94. The monoisotopic (exact) mass is 417 g/mol. The fourth-order valence-corrected chi connectivity index (χ4v) is 2.45. The van der Waals surface area contributed by atoms with Crippen LogP contribution < -0.4 is 5.43 Å². The van der Waals surface area contributed by atoms with E-state index in [1.54, 1.807) is 0 Å². The Morgan fingerprint density at radius 2 is 1.86 bits per heavy atom. The first-order valence-electron chi connectivity index (χ1n) is 7.91. The summed E-state index contributed by atoms with van der Waals surface area (Å²) in [5, 5.41) is 3.71. The number of amides is 1. The van der Waals surface area contributed by atoms with Gasteiger partial charge in [0.05, 0.1) is 17.8 Å². The minimum atomic E-state index is -4.78. The quantitative estimate of drug-likeness (QED) is 0.567. The molecule has 0 saturated carbocycles. The fraction of sp³-hybridized carbons (Fsp3) is 0.278. The number of carbonyl (C=O) groups is 1. The number of aromatic nitrogens is 2. The van der Waals surface area contributed by atoms with Crippen LogP contribution in [0, 0.1) is 19.3 Å². The average molecular weight is 417 g/mol. The van der Waals surface area contributed by atoms with Crippen molar-refractivity contribution in [2.45, 2.75) is 19.3 Å². The predicted molar refractivity (Wildman–Crippen MR) is 90.4 cm³/mol. The van der Waals surface area contributed by atoms with Crippen LogP contribution in [0.15, 0.2) is 35.1 Å². The molecule has 29 heavy (non-hydrogen) atoms. The van der Waals surface area contributed by atoms with Crippen molar-refractivity contribution < 1.29 is 31.1 Å². The molecule has 1 aromatic carbocycles. The van der Waals surface area contributed by atoms with Gasteiger partial charge in [0.15, 0.2) is 5.69 Å². The highest BCUT2D eigenvalue weighted by Crippen LogP contribution is 2.30. The molecule has 0 saturated heterocycles. The van der Waals surface area contributed by atoms with E-state index in [2.05, 4.69) is 5.10 Å². The Balaban J connectivity index is 2.56. The number of nitrogens with zero attached hydrogens (tertiary/aromatic N) is 3. The van der Waals surface area contributed by atoms with E-state index in [-0.39, 0.29) is 16.3 Å². The zero-order chi connectivity index (χ0) is 22.0. The molecule has 0 spiro atoms. The molecule has 154 valence electrons. The molecule has 1 aromatic heterocycles. The largest absolute Gasteiger partial charge is 0.416 e. The third kappa shape index (κ3) is 5.37. The van der Waals surface area contributed by atoms with Crippen LogP contribution in [-0.4, -0.2) is 39.9 Å². The molecule has 2 rings (SSSR count). The normalized spacial score (nSPS) is 11.8. The highest BCUT2D eigenvalue weighted by molar-refractivity contribution is 5.92. The second kappa shape index (κ2) is 7.98. The van der Waals surface area contributed by atoms with Gasteiger partial charge < -0.3 is 4.90 Å². The van der Waals surface area contributed by atoms with Crippen molar-refractivity contribution in [2.75, 3.05) is 13.1 Å². The first kappa shape index (κ1) is 22.0. The molecule has 0 unspecified atom stereocenters. The highest BCUT2D eigenvalue weighted by atomic mass is 19.4. The third-order valence-electron chi connectivity index (χ3n) is 3.67. The Bertz CT molecular complexity index is 1020. The van der Waals surface area contributed by atoms with Gasteiger partial charge in [0.2, 0.25) is 5.43 Å². The van der Waals surface area contributed by atoms with E-state index >= 15 is 0 Å². The highest BCUT2D eigenvalue weighted by Gasteiger charge is 2.34. The second-order valence-corrected chi connectivity index (χ2v) is 5.94. The van der Waals surface area contributed by atoms with Crippen LogP contribution >= 0.6 is 0 Å². The van der Waals surface area contributed by atoms with Crippen LogP contribution in [0.25, 0.3) is 5.69 Å².